The Bertz CT molecular complexity index is 702. The number of para-hydroxylation sites is 1. The van der Waals surface area contributed by atoms with E-state index in [0.29, 0.717) is 0 Å². The van der Waals surface area contributed by atoms with Gasteiger partial charge in [0.25, 0.3) is 5.91 Å². The van der Waals surface area contributed by atoms with Crippen LogP contribution in [0, 0.1) is 0 Å². The summed E-state index contributed by atoms with van der Waals surface area (Å²) in [4.78, 5) is 17.0. The van der Waals surface area contributed by atoms with E-state index in [1.165, 1.54) is 0 Å². The molecule has 1 atom stereocenters. The molecule has 126 valence electrons. The minimum absolute atomic E-state index is 0.215. The van der Waals surface area contributed by atoms with Gasteiger partial charge in [0.1, 0.15) is 5.75 Å². The van der Waals surface area contributed by atoms with Gasteiger partial charge in [0.2, 0.25) is 0 Å². The Morgan fingerprint density at radius 1 is 1.17 bits per heavy atom. The number of nitrogens with zero attached hydrogens (tertiary/aromatic N) is 1. The summed E-state index contributed by atoms with van der Waals surface area (Å²) >= 11 is 0. The summed E-state index contributed by atoms with van der Waals surface area (Å²) in [5.74, 6) is 0.650. The summed E-state index contributed by atoms with van der Waals surface area (Å²) in [6, 6.07) is 16.5. The van der Waals surface area contributed by atoms with E-state index in [4.69, 9.17) is 15.3 Å². The average Bonchev–Trinajstić information content (AvgIpc) is 2.62. The van der Waals surface area contributed by atoms with E-state index in [1.807, 2.05) is 61.5 Å². The number of ether oxygens (including phenoxy) is 1. The molecule has 0 aromatic heterocycles. The predicted molar refractivity (Wildman–Crippen MR) is 92.7 cm³/mol. The summed E-state index contributed by atoms with van der Waals surface area (Å²) in [6.45, 7) is 1.66. The van der Waals surface area contributed by atoms with Crippen molar-refractivity contribution in [3.8, 4) is 5.75 Å². The van der Waals surface area contributed by atoms with Crippen LogP contribution in [0.5, 0.6) is 5.75 Å². The summed E-state index contributed by atoms with van der Waals surface area (Å²) in [6.07, 6.45) is 0. The fourth-order valence-electron chi connectivity index (χ4n) is 2.21. The second kappa shape index (κ2) is 8.57. The first-order chi connectivity index (χ1) is 11.6. The van der Waals surface area contributed by atoms with Crippen LogP contribution in [0.25, 0.3) is 0 Å². The molecule has 0 saturated carbocycles. The van der Waals surface area contributed by atoms with Crippen molar-refractivity contribution in [1.82, 2.24) is 5.32 Å². The van der Waals surface area contributed by atoms with Crippen LogP contribution in [0.4, 0.5) is 0 Å². The smallest absolute Gasteiger partial charge is 0.261 e. The van der Waals surface area contributed by atoms with Gasteiger partial charge in [0, 0.05) is 11.1 Å². The van der Waals surface area contributed by atoms with E-state index >= 15 is 0 Å². The standard InChI is InChI=1S/C18H21N3O3/c1-13(15-10-6-7-11-16(15)23-2)20-17(22)12-24-21-18(19)14-8-4-3-5-9-14/h3-11,13H,12H2,1-2H3,(H2,19,21)(H,20,22). The third-order valence-electron chi connectivity index (χ3n) is 3.41. The van der Waals surface area contributed by atoms with E-state index in [9.17, 15) is 4.79 Å². The second-order valence-corrected chi connectivity index (χ2v) is 5.15. The first-order valence-corrected chi connectivity index (χ1v) is 7.55. The number of rotatable bonds is 7. The Labute approximate surface area is 141 Å². The van der Waals surface area contributed by atoms with Crippen LogP contribution in [0.1, 0.15) is 24.1 Å². The zero-order valence-electron chi connectivity index (χ0n) is 13.7. The molecule has 0 bridgehead atoms. The lowest BCUT2D eigenvalue weighted by atomic mass is 10.1. The van der Waals surface area contributed by atoms with Crippen molar-refractivity contribution in [1.29, 1.82) is 0 Å². The van der Waals surface area contributed by atoms with Crippen molar-refractivity contribution in [3.05, 3.63) is 65.7 Å². The Hall–Kier alpha value is -3.02. The molecule has 2 aromatic rings. The molecule has 24 heavy (non-hydrogen) atoms. The molecule has 0 fully saturated rings. The quantitative estimate of drug-likeness (QED) is 0.464. The largest absolute Gasteiger partial charge is 0.496 e. The van der Waals surface area contributed by atoms with E-state index in [0.717, 1.165) is 16.9 Å². The van der Waals surface area contributed by atoms with Gasteiger partial charge in [-0.1, -0.05) is 53.7 Å². The number of nitrogens with one attached hydrogen (secondary N) is 1. The number of carbonyl (C=O) groups excluding carboxylic acids is 1. The summed E-state index contributed by atoms with van der Waals surface area (Å²) in [5, 5.41) is 6.59. The molecule has 6 nitrogen and oxygen atoms in total. The van der Waals surface area contributed by atoms with E-state index < -0.39 is 0 Å². The molecule has 0 aliphatic carbocycles. The normalized spacial score (nSPS) is 12.3. The van der Waals surface area contributed by atoms with E-state index in [2.05, 4.69) is 10.5 Å². The number of nitrogens with two attached hydrogens (primary N) is 1. The van der Waals surface area contributed by atoms with Gasteiger partial charge in [-0.15, -0.1) is 0 Å². The topological polar surface area (TPSA) is 85.9 Å². The predicted octanol–water partition coefficient (Wildman–Crippen LogP) is 2.21. The number of benzene rings is 2. The Morgan fingerprint density at radius 3 is 2.54 bits per heavy atom. The van der Waals surface area contributed by atoms with Crippen LogP contribution in [-0.4, -0.2) is 25.5 Å². The zero-order valence-corrected chi connectivity index (χ0v) is 13.7. The first kappa shape index (κ1) is 17.3. The van der Waals surface area contributed by atoms with E-state index in [1.54, 1.807) is 7.11 Å². The van der Waals surface area contributed by atoms with Gasteiger partial charge in [0.15, 0.2) is 12.4 Å². The van der Waals surface area contributed by atoms with Gasteiger partial charge < -0.3 is 20.6 Å². The minimum atomic E-state index is -0.294. The first-order valence-electron chi connectivity index (χ1n) is 7.55. The van der Waals surface area contributed by atoms with E-state index in [-0.39, 0.29) is 24.4 Å². The lowest BCUT2D eigenvalue weighted by Crippen LogP contribution is -2.30. The van der Waals surface area contributed by atoms with Crippen molar-refractivity contribution in [2.75, 3.05) is 13.7 Å². The highest BCUT2D eigenvalue weighted by atomic mass is 16.6. The molecule has 1 amide bonds. The molecular formula is C18H21N3O3. The summed E-state index contributed by atoms with van der Waals surface area (Å²) in [5.41, 5.74) is 7.41. The average molecular weight is 327 g/mol. The third kappa shape index (κ3) is 4.74. The maximum absolute atomic E-state index is 12.0. The maximum atomic E-state index is 12.0. The van der Waals surface area contributed by atoms with Crippen molar-refractivity contribution in [2.24, 2.45) is 10.9 Å². The van der Waals surface area contributed by atoms with Crippen LogP contribution in [0.15, 0.2) is 59.8 Å². The number of hydrogen-bond donors (Lipinski definition) is 2. The molecule has 0 radical (unpaired) electrons. The number of methoxy groups -OCH3 is 1. The monoisotopic (exact) mass is 327 g/mol. The van der Waals surface area contributed by atoms with Crippen LogP contribution in [-0.2, 0) is 9.63 Å². The molecule has 6 heteroatoms. The van der Waals surface area contributed by atoms with Crippen LogP contribution < -0.4 is 15.8 Å². The van der Waals surface area contributed by atoms with Crippen LogP contribution in [0.2, 0.25) is 0 Å². The molecule has 0 heterocycles. The molecule has 1 unspecified atom stereocenters. The number of hydrogen-bond acceptors (Lipinski definition) is 4. The number of carbonyl (C=O) groups is 1. The highest BCUT2D eigenvalue weighted by molar-refractivity contribution is 5.97. The number of oxime groups is 1. The lowest BCUT2D eigenvalue weighted by Gasteiger charge is -2.16. The molecule has 0 aliphatic rings. The van der Waals surface area contributed by atoms with Crippen molar-refractivity contribution in [3.63, 3.8) is 0 Å². The fraction of sp³-hybridized carbons (Fsp3) is 0.222. The molecular weight excluding hydrogens is 306 g/mol. The van der Waals surface area contributed by atoms with Gasteiger partial charge in [-0.05, 0) is 13.0 Å². The molecule has 2 aromatic carbocycles. The van der Waals surface area contributed by atoms with Gasteiger partial charge in [-0.3, -0.25) is 4.79 Å². The van der Waals surface area contributed by atoms with Gasteiger partial charge >= 0.3 is 0 Å². The highest BCUT2D eigenvalue weighted by Crippen LogP contribution is 2.24. The minimum Gasteiger partial charge on any atom is -0.496 e. The maximum Gasteiger partial charge on any atom is 0.261 e. The molecule has 2 rings (SSSR count). The van der Waals surface area contributed by atoms with Crippen molar-refractivity contribution < 1.29 is 14.4 Å². The summed E-state index contributed by atoms with van der Waals surface area (Å²) < 4.78 is 5.29. The Morgan fingerprint density at radius 2 is 1.83 bits per heavy atom. The van der Waals surface area contributed by atoms with Crippen molar-refractivity contribution >= 4 is 11.7 Å². The van der Waals surface area contributed by atoms with Crippen LogP contribution >= 0.6 is 0 Å². The number of amides is 1. The molecule has 0 spiro atoms. The Kier molecular flexibility index (Phi) is 6.19. The molecule has 0 aliphatic heterocycles. The molecule has 3 N–H and O–H groups in total. The lowest BCUT2D eigenvalue weighted by molar-refractivity contribution is -0.126. The second-order valence-electron chi connectivity index (χ2n) is 5.15. The zero-order chi connectivity index (χ0) is 17.4. The van der Waals surface area contributed by atoms with Gasteiger partial charge in [-0.25, -0.2) is 0 Å². The highest BCUT2D eigenvalue weighted by Gasteiger charge is 2.13. The Balaban J connectivity index is 1.87. The van der Waals surface area contributed by atoms with Crippen LogP contribution in [0.3, 0.4) is 0 Å². The SMILES string of the molecule is COc1ccccc1C(C)NC(=O)CO/N=C(\N)c1ccccc1. The molecule has 0 saturated heterocycles. The van der Waals surface area contributed by atoms with Gasteiger partial charge in [-0.2, -0.15) is 0 Å². The number of amidine groups is 1. The fourth-order valence-corrected chi connectivity index (χ4v) is 2.21. The third-order valence-corrected chi connectivity index (χ3v) is 3.41. The van der Waals surface area contributed by atoms with Crippen molar-refractivity contribution in [2.45, 2.75) is 13.0 Å². The van der Waals surface area contributed by atoms with Gasteiger partial charge in [0.05, 0.1) is 13.2 Å². The summed E-state index contributed by atoms with van der Waals surface area (Å²) in [7, 11) is 1.59.